The minimum Gasteiger partial charge on any atom is -0.491 e. The zero-order chi connectivity index (χ0) is 14.0. The van der Waals surface area contributed by atoms with E-state index in [4.69, 9.17) is 33.7 Å². The van der Waals surface area contributed by atoms with Crippen LogP contribution in [0.25, 0.3) is 11.3 Å². The Morgan fingerprint density at radius 2 is 1.74 bits per heavy atom. The summed E-state index contributed by atoms with van der Waals surface area (Å²) in [4.78, 5) is 4.21. The highest BCUT2D eigenvalue weighted by atomic mass is 35.5. The number of hydrogen-bond acceptors (Lipinski definition) is 3. The van der Waals surface area contributed by atoms with Crippen LogP contribution in [0.15, 0.2) is 30.3 Å². The Balaban J connectivity index is 2.34. The van der Waals surface area contributed by atoms with Crippen LogP contribution >= 0.6 is 23.2 Å². The van der Waals surface area contributed by atoms with Gasteiger partial charge in [-0.1, -0.05) is 23.2 Å². The van der Waals surface area contributed by atoms with E-state index in [9.17, 15) is 0 Å². The maximum Gasteiger partial charge on any atom is 0.143 e. The number of anilines is 1. The van der Waals surface area contributed by atoms with Gasteiger partial charge >= 0.3 is 0 Å². The molecule has 1 aromatic heterocycles. The minimum absolute atomic E-state index is 0.138. The van der Waals surface area contributed by atoms with Crippen LogP contribution in [0.4, 0.5) is 5.82 Å². The number of benzene rings is 1. The number of nitrogen functional groups attached to an aromatic ring is 1. The molecule has 2 N–H and O–H groups in total. The molecule has 2 rings (SSSR count). The number of ether oxygens (including phenoxy) is 1. The molecule has 1 aromatic carbocycles. The first-order valence-corrected chi connectivity index (χ1v) is 6.61. The summed E-state index contributed by atoms with van der Waals surface area (Å²) in [5.41, 5.74) is 7.17. The van der Waals surface area contributed by atoms with Gasteiger partial charge in [0.2, 0.25) is 0 Å². The van der Waals surface area contributed by atoms with Gasteiger partial charge in [-0.3, -0.25) is 0 Å². The van der Waals surface area contributed by atoms with E-state index in [0.29, 0.717) is 15.7 Å². The summed E-state index contributed by atoms with van der Waals surface area (Å²) >= 11 is 12.0. The van der Waals surface area contributed by atoms with Crippen LogP contribution in [0.1, 0.15) is 13.8 Å². The quantitative estimate of drug-likeness (QED) is 0.912. The molecule has 1 heterocycles. The van der Waals surface area contributed by atoms with Gasteiger partial charge in [0, 0.05) is 5.56 Å². The first-order chi connectivity index (χ1) is 8.97. The second-order valence-electron chi connectivity index (χ2n) is 4.38. The van der Waals surface area contributed by atoms with Crippen molar-refractivity contribution in [2.75, 3.05) is 5.73 Å². The Morgan fingerprint density at radius 1 is 1.11 bits per heavy atom. The third-order valence-corrected chi connectivity index (χ3v) is 3.05. The third-order valence-electron chi connectivity index (χ3n) is 2.46. The molecule has 0 spiro atoms. The van der Waals surface area contributed by atoms with Crippen LogP contribution < -0.4 is 10.5 Å². The molecule has 19 heavy (non-hydrogen) atoms. The lowest BCUT2D eigenvalue weighted by Gasteiger charge is -2.11. The van der Waals surface area contributed by atoms with Gasteiger partial charge in [-0.05, 0) is 44.2 Å². The topological polar surface area (TPSA) is 48.1 Å². The van der Waals surface area contributed by atoms with Gasteiger partial charge in [0.1, 0.15) is 11.6 Å². The van der Waals surface area contributed by atoms with Crippen LogP contribution in [0.3, 0.4) is 0 Å². The number of halogens is 2. The maximum atomic E-state index is 6.13. The lowest BCUT2D eigenvalue weighted by Crippen LogP contribution is -2.05. The monoisotopic (exact) mass is 296 g/mol. The van der Waals surface area contributed by atoms with Crippen LogP contribution in [-0.4, -0.2) is 11.1 Å². The van der Waals surface area contributed by atoms with Crippen LogP contribution in [-0.2, 0) is 0 Å². The molecule has 0 radical (unpaired) electrons. The molecule has 100 valence electrons. The van der Waals surface area contributed by atoms with Gasteiger partial charge in [-0.25, -0.2) is 4.98 Å². The van der Waals surface area contributed by atoms with E-state index in [1.807, 2.05) is 38.1 Å². The van der Waals surface area contributed by atoms with E-state index in [-0.39, 0.29) is 11.9 Å². The molecule has 5 heteroatoms. The second-order valence-corrected chi connectivity index (χ2v) is 5.19. The van der Waals surface area contributed by atoms with E-state index in [1.165, 1.54) is 0 Å². The lowest BCUT2D eigenvalue weighted by atomic mass is 10.1. The van der Waals surface area contributed by atoms with E-state index in [1.54, 1.807) is 6.07 Å². The molecular formula is C14H14Cl2N2O. The molecule has 3 nitrogen and oxygen atoms in total. The van der Waals surface area contributed by atoms with E-state index in [2.05, 4.69) is 4.98 Å². The minimum atomic E-state index is 0.138. The second kappa shape index (κ2) is 5.68. The number of rotatable bonds is 3. The summed E-state index contributed by atoms with van der Waals surface area (Å²) in [6.45, 7) is 3.96. The normalized spacial score (nSPS) is 10.8. The predicted octanol–water partition coefficient (Wildman–Crippen LogP) is 4.42. The van der Waals surface area contributed by atoms with E-state index in [0.717, 1.165) is 11.3 Å². The molecule has 2 aromatic rings. The Kier molecular flexibility index (Phi) is 4.17. The fourth-order valence-electron chi connectivity index (χ4n) is 1.65. The number of nitrogens with two attached hydrogens (primary N) is 1. The summed E-state index contributed by atoms with van der Waals surface area (Å²) in [7, 11) is 0. The highest BCUT2D eigenvalue weighted by molar-refractivity contribution is 6.37. The highest BCUT2D eigenvalue weighted by Gasteiger charge is 2.09. The van der Waals surface area contributed by atoms with Crippen molar-refractivity contribution in [3.05, 3.63) is 40.4 Å². The Labute approximate surface area is 122 Å². The predicted molar refractivity (Wildman–Crippen MR) is 79.9 cm³/mol. The van der Waals surface area contributed by atoms with Gasteiger partial charge in [-0.2, -0.15) is 0 Å². The summed E-state index contributed by atoms with van der Waals surface area (Å²) in [5, 5.41) is 0.824. The number of nitrogens with zero attached hydrogens (tertiary/aromatic N) is 1. The average Bonchev–Trinajstić information content (AvgIpc) is 2.34. The molecule has 0 unspecified atom stereocenters. The van der Waals surface area contributed by atoms with Crippen molar-refractivity contribution in [3.8, 4) is 17.0 Å². The summed E-state index contributed by atoms with van der Waals surface area (Å²) in [6.07, 6.45) is 0.138. The standard InChI is InChI=1S/C14H14Cl2N2O/c1-8(2)19-10-5-3-9(4-6-10)13-11(15)7-12(16)14(17)18-13/h3-8H,1-2H3,(H2,17,18). The van der Waals surface area contributed by atoms with Gasteiger partial charge in [0.05, 0.1) is 21.8 Å². The van der Waals surface area contributed by atoms with Crippen molar-refractivity contribution in [1.82, 2.24) is 4.98 Å². The average molecular weight is 297 g/mol. The number of hydrogen-bond donors (Lipinski definition) is 1. The molecule has 0 aliphatic heterocycles. The highest BCUT2D eigenvalue weighted by Crippen LogP contribution is 2.31. The van der Waals surface area contributed by atoms with Crippen molar-refractivity contribution in [3.63, 3.8) is 0 Å². The summed E-state index contributed by atoms with van der Waals surface area (Å²) in [5.74, 6) is 1.07. The Bertz CT molecular complexity index is 583. The molecule has 0 bridgehead atoms. The molecule has 0 aliphatic carbocycles. The van der Waals surface area contributed by atoms with Gasteiger partial charge in [0.25, 0.3) is 0 Å². The fourth-order valence-corrected chi connectivity index (χ4v) is 2.11. The van der Waals surface area contributed by atoms with Crippen molar-refractivity contribution >= 4 is 29.0 Å². The van der Waals surface area contributed by atoms with E-state index >= 15 is 0 Å². The third kappa shape index (κ3) is 3.31. The molecular weight excluding hydrogens is 283 g/mol. The summed E-state index contributed by atoms with van der Waals surface area (Å²) in [6, 6.07) is 9.12. The van der Waals surface area contributed by atoms with Crippen molar-refractivity contribution in [2.24, 2.45) is 0 Å². The van der Waals surface area contributed by atoms with Crippen LogP contribution in [0.2, 0.25) is 10.0 Å². The van der Waals surface area contributed by atoms with Crippen LogP contribution in [0.5, 0.6) is 5.75 Å². The zero-order valence-corrected chi connectivity index (χ0v) is 12.2. The van der Waals surface area contributed by atoms with E-state index < -0.39 is 0 Å². The fraction of sp³-hybridized carbons (Fsp3) is 0.214. The Morgan fingerprint density at radius 3 is 2.32 bits per heavy atom. The van der Waals surface area contributed by atoms with Crippen molar-refractivity contribution < 1.29 is 4.74 Å². The van der Waals surface area contributed by atoms with Crippen molar-refractivity contribution in [1.29, 1.82) is 0 Å². The lowest BCUT2D eigenvalue weighted by molar-refractivity contribution is 0.242. The largest absolute Gasteiger partial charge is 0.491 e. The summed E-state index contributed by atoms with van der Waals surface area (Å²) < 4.78 is 5.58. The van der Waals surface area contributed by atoms with Gasteiger partial charge in [0.15, 0.2) is 0 Å². The number of aromatic nitrogens is 1. The molecule has 0 amide bonds. The van der Waals surface area contributed by atoms with Gasteiger partial charge in [-0.15, -0.1) is 0 Å². The molecule has 0 saturated carbocycles. The molecule has 0 aliphatic rings. The van der Waals surface area contributed by atoms with Gasteiger partial charge < -0.3 is 10.5 Å². The SMILES string of the molecule is CC(C)Oc1ccc(-c2nc(N)c(Cl)cc2Cl)cc1. The van der Waals surface area contributed by atoms with Crippen LogP contribution in [0, 0.1) is 0 Å². The smallest absolute Gasteiger partial charge is 0.143 e. The maximum absolute atomic E-state index is 6.13. The molecule has 0 saturated heterocycles. The molecule has 0 fully saturated rings. The first-order valence-electron chi connectivity index (χ1n) is 5.86. The van der Waals surface area contributed by atoms with Crippen molar-refractivity contribution in [2.45, 2.75) is 20.0 Å². The zero-order valence-electron chi connectivity index (χ0n) is 10.7. The first kappa shape index (κ1) is 14.0. The number of pyridine rings is 1. The Hall–Kier alpha value is -1.45. The molecule has 0 atom stereocenters.